The van der Waals surface area contributed by atoms with E-state index in [0.29, 0.717) is 37.6 Å². The van der Waals surface area contributed by atoms with Crippen molar-refractivity contribution in [2.24, 2.45) is 5.92 Å². The van der Waals surface area contributed by atoms with Crippen LogP contribution in [0, 0.1) is 5.92 Å². The summed E-state index contributed by atoms with van der Waals surface area (Å²) in [5.41, 5.74) is 0.449. The third kappa shape index (κ3) is 3.30. The van der Waals surface area contributed by atoms with Crippen molar-refractivity contribution in [1.82, 2.24) is 14.7 Å². The van der Waals surface area contributed by atoms with Crippen molar-refractivity contribution < 1.29 is 22.7 Å². The van der Waals surface area contributed by atoms with Crippen LogP contribution < -0.4 is 0 Å². The van der Waals surface area contributed by atoms with Gasteiger partial charge < -0.3 is 9.64 Å². The zero-order chi connectivity index (χ0) is 20.4. The Labute approximate surface area is 170 Å². The van der Waals surface area contributed by atoms with Crippen LogP contribution >= 0.6 is 0 Å². The molecule has 4 aliphatic rings. The molecule has 8 nitrogen and oxygen atoms in total. The summed E-state index contributed by atoms with van der Waals surface area (Å²) in [6.07, 6.45) is 2.88. The number of benzene rings is 1. The van der Waals surface area contributed by atoms with Gasteiger partial charge in [0.15, 0.2) is 15.4 Å². The predicted molar refractivity (Wildman–Crippen MR) is 104 cm³/mol. The predicted octanol–water partition coefficient (Wildman–Crippen LogP) is 0.718. The Morgan fingerprint density at radius 2 is 1.86 bits per heavy atom. The Balaban J connectivity index is 1.26. The lowest BCUT2D eigenvalue weighted by atomic mass is 9.84. The highest BCUT2D eigenvalue weighted by Gasteiger charge is 2.63. The number of piperazine rings is 1. The molecule has 3 heterocycles. The van der Waals surface area contributed by atoms with Crippen LogP contribution in [0.4, 0.5) is 4.79 Å². The first-order valence-electron chi connectivity index (χ1n) is 10.0. The number of ether oxygens (including phenoxy) is 1. The van der Waals surface area contributed by atoms with Gasteiger partial charge in [0.05, 0.1) is 24.0 Å². The molecule has 4 fully saturated rings. The number of likely N-dealkylation sites (tertiary alicyclic amines) is 1. The maximum Gasteiger partial charge on any atom is 0.411 e. The summed E-state index contributed by atoms with van der Waals surface area (Å²) in [7, 11) is -3.20. The van der Waals surface area contributed by atoms with Crippen molar-refractivity contribution in [2.45, 2.75) is 35.9 Å². The molecule has 3 saturated heterocycles. The number of carbonyl (C=O) groups excluding carboxylic acids is 2. The van der Waals surface area contributed by atoms with Crippen LogP contribution in [0.2, 0.25) is 0 Å². The van der Waals surface area contributed by atoms with Crippen LogP contribution in [0.3, 0.4) is 0 Å². The van der Waals surface area contributed by atoms with E-state index < -0.39 is 15.4 Å². The Hall–Kier alpha value is -2.13. The summed E-state index contributed by atoms with van der Waals surface area (Å²) in [5, 5.41) is 0. The Morgan fingerprint density at radius 1 is 1.17 bits per heavy atom. The van der Waals surface area contributed by atoms with E-state index >= 15 is 0 Å². The molecular formula is C20H25N3O5S. The van der Waals surface area contributed by atoms with Gasteiger partial charge in [0.25, 0.3) is 0 Å². The molecule has 2 amide bonds. The van der Waals surface area contributed by atoms with Crippen LogP contribution in [0.1, 0.15) is 18.4 Å². The van der Waals surface area contributed by atoms with Gasteiger partial charge in [-0.15, -0.1) is 0 Å². The van der Waals surface area contributed by atoms with Gasteiger partial charge in [0, 0.05) is 38.4 Å². The minimum atomic E-state index is -3.20. The standard InChI is InChI=1S/C20H25N3O5S/c1-29(26,27)16-6-2-14(3-7-16)10-21-8-9-23-17(11-21)20(28-19(23)25)12-22(13-20)18(24)15-4-5-15/h2-3,6-7,15,17H,4-5,8-13H2,1H3. The Kier molecular flexibility index (Phi) is 4.19. The van der Waals surface area contributed by atoms with Crippen molar-refractivity contribution >= 4 is 21.8 Å². The maximum absolute atomic E-state index is 12.4. The molecule has 0 radical (unpaired) electrons. The monoisotopic (exact) mass is 419 g/mol. The van der Waals surface area contributed by atoms with Crippen LogP contribution in [0.5, 0.6) is 0 Å². The Morgan fingerprint density at radius 3 is 2.48 bits per heavy atom. The van der Waals surface area contributed by atoms with Gasteiger partial charge in [-0.1, -0.05) is 12.1 Å². The van der Waals surface area contributed by atoms with Crippen molar-refractivity contribution in [3.8, 4) is 0 Å². The number of hydrogen-bond donors (Lipinski definition) is 0. The molecule has 0 N–H and O–H groups in total. The van der Waals surface area contributed by atoms with Gasteiger partial charge in [-0.3, -0.25) is 14.6 Å². The molecule has 0 bridgehead atoms. The fourth-order valence-corrected chi connectivity index (χ4v) is 5.30. The van der Waals surface area contributed by atoms with Gasteiger partial charge >= 0.3 is 6.09 Å². The van der Waals surface area contributed by atoms with E-state index in [1.807, 2.05) is 21.9 Å². The number of rotatable bonds is 4. The summed E-state index contributed by atoms with van der Waals surface area (Å²) in [5.74, 6) is 0.377. The highest BCUT2D eigenvalue weighted by molar-refractivity contribution is 7.90. The molecule has 1 unspecified atom stereocenters. The summed E-state index contributed by atoms with van der Waals surface area (Å²) in [6.45, 7) is 3.69. The summed E-state index contributed by atoms with van der Waals surface area (Å²) in [4.78, 5) is 30.9. The van der Waals surface area contributed by atoms with E-state index in [9.17, 15) is 18.0 Å². The average molecular weight is 420 g/mol. The number of amides is 2. The number of sulfone groups is 1. The second-order valence-corrected chi connectivity index (χ2v) is 10.8. The van der Waals surface area contributed by atoms with Crippen LogP contribution in [0.25, 0.3) is 0 Å². The smallest absolute Gasteiger partial charge is 0.411 e. The lowest BCUT2D eigenvalue weighted by Gasteiger charge is -2.51. The minimum Gasteiger partial charge on any atom is -0.437 e. The lowest BCUT2D eigenvalue weighted by molar-refractivity contribution is -0.157. The highest BCUT2D eigenvalue weighted by atomic mass is 32.2. The topological polar surface area (TPSA) is 87.2 Å². The molecule has 0 aromatic heterocycles. The normalized spacial score (nSPS) is 26.2. The molecule has 1 aromatic carbocycles. The molecule has 3 aliphatic heterocycles. The van der Waals surface area contributed by atoms with Crippen molar-refractivity contribution in [3.63, 3.8) is 0 Å². The molecule has 9 heteroatoms. The summed E-state index contributed by atoms with van der Waals surface area (Å²) in [6, 6.07) is 6.90. The molecule has 1 aliphatic carbocycles. The Bertz CT molecular complexity index is 951. The molecule has 1 saturated carbocycles. The first-order chi connectivity index (χ1) is 13.7. The van der Waals surface area contributed by atoms with Gasteiger partial charge in [-0.2, -0.15) is 0 Å². The van der Waals surface area contributed by atoms with Crippen molar-refractivity contribution in [3.05, 3.63) is 29.8 Å². The molecule has 1 atom stereocenters. The van der Waals surface area contributed by atoms with Gasteiger partial charge in [0.2, 0.25) is 5.91 Å². The number of hydrogen-bond acceptors (Lipinski definition) is 6. The summed E-state index contributed by atoms with van der Waals surface area (Å²) >= 11 is 0. The first-order valence-corrected chi connectivity index (χ1v) is 11.9. The van der Waals surface area contributed by atoms with Crippen LogP contribution in [0.15, 0.2) is 29.2 Å². The third-order valence-electron chi connectivity index (χ3n) is 6.51. The van der Waals surface area contributed by atoms with Crippen LogP contribution in [-0.2, 0) is 25.9 Å². The van der Waals surface area contributed by atoms with Gasteiger partial charge in [-0.25, -0.2) is 13.2 Å². The van der Waals surface area contributed by atoms with E-state index in [-0.39, 0.29) is 24.0 Å². The fourth-order valence-electron chi connectivity index (χ4n) is 4.67. The molecule has 156 valence electrons. The van der Waals surface area contributed by atoms with Crippen molar-refractivity contribution in [1.29, 1.82) is 0 Å². The minimum absolute atomic E-state index is 0.0534. The molecule has 1 spiro atoms. The second kappa shape index (κ2) is 6.43. The molecule has 5 rings (SSSR count). The zero-order valence-corrected chi connectivity index (χ0v) is 17.2. The average Bonchev–Trinajstić information content (AvgIpc) is 3.44. The first kappa shape index (κ1) is 18.9. The lowest BCUT2D eigenvalue weighted by Crippen LogP contribution is -2.72. The molecule has 29 heavy (non-hydrogen) atoms. The number of carbonyl (C=O) groups is 2. The van der Waals surface area contributed by atoms with Crippen molar-refractivity contribution in [2.75, 3.05) is 39.0 Å². The third-order valence-corrected chi connectivity index (χ3v) is 7.64. The van der Waals surface area contributed by atoms with E-state index in [2.05, 4.69) is 4.90 Å². The molecular weight excluding hydrogens is 394 g/mol. The number of nitrogens with zero attached hydrogens (tertiary/aromatic N) is 3. The van der Waals surface area contributed by atoms with Crippen LogP contribution in [-0.4, -0.2) is 85.7 Å². The van der Waals surface area contributed by atoms with E-state index in [1.54, 1.807) is 12.1 Å². The van der Waals surface area contributed by atoms with E-state index in [0.717, 1.165) is 24.9 Å². The van der Waals surface area contributed by atoms with E-state index in [1.165, 1.54) is 6.26 Å². The molecule has 1 aromatic rings. The second-order valence-electron chi connectivity index (χ2n) is 8.76. The number of fused-ring (bicyclic) bond motifs is 2. The largest absolute Gasteiger partial charge is 0.437 e. The SMILES string of the molecule is CS(=O)(=O)c1ccc(CN2CCN3C(=O)OC4(CN(C(=O)C5CC5)C4)C3C2)cc1. The van der Waals surface area contributed by atoms with E-state index in [4.69, 9.17) is 4.74 Å². The maximum atomic E-state index is 12.4. The summed E-state index contributed by atoms with van der Waals surface area (Å²) < 4.78 is 29.0. The zero-order valence-electron chi connectivity index (χ0n) is 16.4. The van der Waals surface area contributed by atoms with Gasteiger partial charge in [-0.05, 0) is 30.5 Å². The highest BCUT2D eigenvalue weighted by Crippen LogP contribution is 2.42. The van der Waals surface area contributed by atoms with Gasteiger partial charge in [0.1, 0.15) is 0 Å². The fraction of sp³-hybridized carbons (Fsp3) is 0.600. The quantitative estimate of drug-likeness (QED) is 0.715.